The van der Waals surface area contributed by atoms with Gasteiger partial charge in [0.05, 0.1) is 6.10 Å². The molecule has 0 aromatic carbocycles. The summed E-state index contributed by atoms with van der Waals surface area (Å²) in [6.07, 6.45) is -7.16. The van der Waals surface area contributed by atoms with Crippen molar-refractivity contribution in [2.45, 2.75) is 38.0 Å². The molecule has 0 atom stereocenters. The van der Waals surface area contributed by atoms with Gasteiger partial charge in [-0.05, 0) is 13.8 Å². The number of hydrogen-bond donors (Lipinski definition) is 0. The van der Waals surface area contributed by atoms with Gasteiger partial charge in [-0.3, -0.25) is 0 Å². The Kier molecular flexibility index (Phi) is 4.00. The van der Waals surface area contributed by atoms with Crippen molar-refractivity contribution < 1.29 is 35.5 Å². The lowest BCUT2D eigenvalue weighted by molar-refractivity contribution is -0.362. The first kappa shape index (κ1) is 14.5. The molecule has 0 rings (SSSR count). The summed E-state index contributed by atoms with van der Waals surface area (Å²) in [5.74, 6) is -11.4. The number of alkyl halides is 7. The smallest absolute Gasteiger partial charge is 0.372 e. The van der Waals surface area contributed by atoms with Crippen molar-refractivity contribution in [1.29, 1.82) is 0 Å². The topological polar surface area (TPSA) is 9.23 Å². The molecule has 0 radical (unpaired) electrons. The fraction of sp³-hybridized carbons (Fsp3) is 1.00. The van der Waals surface area contributed by atoms with E-state index in [-0.39, 0.29) is 0 Å². The van der Waals surface area contributed by atoms with Crippen molar-refractivity contribution in [2.75, 3.05) is 6.61 Å². The van der Waals surface area contributed by atoms with Crippen LogP contribution in [0.4, 0.5) is 30.7 Å². The molecule has 0 aromatic rings. The van der Waals surface area contributed by atoms with Gasteiger partial charge in [0.1, 0.15) is 6.61 Å². The Balaban J connectivity index is 4.70. The first-order chi connectivity index (χ1) is 6.42. The van der Waals surface area contributed by atoms with Crippen LogP contribution < -0.4 is 0 Å². The van der Waals surface area contributed by atoms with Gasteiger partial charge in [-0.2, -0.15) is 30.7 Å². The maximum Gasteiger partial charge on any atom is 0.459 e. The highest BCUT2D eigenvalue weighted by molar-refractivity contribution is 4.91. The second-order valence-electron chi connectivity index (χ2n) is 3.14. The van der Waals surface area contributed by atoms with Gasteiger partial charge in [-0.1, -0.05) is 0 Å². The van der Waals surface area contributed by atoms with Crippen LogP contribution in [0.15, 0.2) is 0 Å². The van der Waals surface area contributed by atoms with E-state index in [1.54, 1.807) is 0 Å². The molecule has 0 unspecified atom stereocenters. The van der Waals surface area contributed by atoms with Crippen LogP contribution in [-0.2, 0) is 4.74 Å². The molecule has 92 valence electrons. The molecular formula is C7H9F7O. The van der Waals surface area contributed by atoms with Crippen molar-refractivity contribution in [2.24, 2.45) is 0 Å². The molecule has 0 aromatic heterocycles. The molecule has 0 heterocycles. The third-order valence-corrected chi connectivity index (χ3v) is 1.41. The molecule has 8 heteroatoms. The first-order valence-electron chi connectivity index (χ1n) is 3.86. The van der Waals surface area contributed by atoms with E-state index in [0.29, 0.717) is 0 Å². The summed E-state index contributed by atoms with van der Waals surface area (Å²) in [6, 6.07) is 0. The SMILES string of the molecule is CC(C)OCC(F)(F)C(F)(F)C(F)(F)F. The Bertz CT molecular complexity index is 208. The largest absolute Gasteiger partial charge is 0.459 e. The molecule has 0 saturated heterocycles. The van der Waals surface area contributed by atoms with Crippen molar-refractivity contribution >= 4 is 0 Å². The highest BCUT2D eigenvalue weighted by Crippen LogP contribution is 2.46. The van der Waals surface area contributed by atoms with E-state index in [4.69, 9.17) is 0 Å². The number of rotatable bonds is 4. The molecule has 0 spiro atoms. The second-order valence-corrected chi connectivity index (χ2v) is 3.14. The van der Waals surface area contributed by atoms with E-state index in [1.165, 1.54) is 13.8 Å². The van der Waals surface area contributed by atoms with Crippen molar-refractivity contribution in [3.8, 4) is 0 Å². The highest BCUT2D eigenvalue weighted by Gasteiger charge is 2.73. The number of hydrogen-bond acceptors (Lipinski definition) is 1. The van der Waals surface area contributed by atoms with Gasteiger partial charge in [0.2, 0.25) is 0 Å². The Labute approximate surface area is 81.2 Å². The predicted octanol–water partition coefficient (Wildman–Crippen LogP) is 3.24. The minimum Gasteiger partial charge on any atom is -0.372 e. The van der Waals surface area contributed by atoms with Crippen LogP contribution >= 0.6 is 0 Å². The summed E-state index contributed by atoms with van der Waals surface area (Å²) in [6.45, 7) is 0.501. The van der Waals surface area contributed by atoms with Crippen LogP contribution in [0.3, 0.4) is 0 Å². The summed E-state index contributed by atoms with van der Waals surface area (Å²) in [5.41, 5.74) is 0. The van der Waals surface area contributed by atoms with Crippen LogP contribution in [0.25, 0.3) is 0 Å². The van der Waals surface area contributed by atoms with Crippen LogP contribution in [0.2, 0.25) is 0 Å². The van der Waals surface area contributed by atoms with Gasteiger partial charge in [0.25, 0.3) is 0 Å². The minimum absolute atomic E-state index is 0.861. The number of ether oxygens (including phenoxy) is 1. The fourth-order valence-corrected chi connectivity index (χ4v) is 0.569. The highest BCUT2D eigenvalue weighted by atomic mass is 19.4. The quantitative estimate of drug-likeness (QED) is 0.687. The maximum atomic E-state index is 12.5. The molecule has 0 bridgehead atoms. The van der Waals surface area contributed by atoms with Gasteiger partial charge >= 0.3 is 18.0 Å². The van der Waals surface area contributed by atoms with Crippen molar-refractivity contribution in [3.63, 3.8) is 0 Å². The summed E-state index contributed by atoms with van der Waals surface area (Å²) < 4.78 is 88.1. The Hall–Kier alpha value is -0.530. The Morgan fingerprint density at radius 3 is 1.60 bits per heavy atom. The standard InChI is InChI=1S/C7H9F7O/c1-4(2)15-3-5(8,9)6(10,11)7(12,13)14/h4H,3H2,1-2H3. The summed E-state index contributed by atoms with van der Waals surface area (Å²) in [4.78, 5) is 0. The van der Waals surface area contributed by atoms with E-state index in [0.717, 1.165) is 0 Å². The molecule has 1 nitrogen and oxygen atoms in total. The summed E-state index contributed by atoms with van der Waals surface area (Å²) in [7, 11) is 0. The molecular weight excluding hydrogens is 233 g/mol. The van der Waals surface area contributed by atoms with Gasteiger partial charge < -0.3 is 4.74 Å². The van der Waals surface area contributed by atoms with Gasteiger partial charge in [0, 0.05) is 0 Å². The lowest BCUT2D eigenvalue weighted by Crippen LogP contribution is -2.54. The monoisotopic (exact) mass is 242 g/mol. The third-order valence-electron chi connectivity index (χ3n) is 1.41. The van der Waals surface area contributed by atoms with Crippen LogP contribution in [0.1, 0.15) is 13.8 Å². The zero-order valence-electron chi connectivity index (χ0n) is 7.84. The lowest BCUT2D eigenvalue weighted by Gasteiger charge is -2.28. The van der Waals surface area contributed by atoms with E-state index < -0.39 is 30.7 Å². The van der Waals surface area contributed by atoms with Gasteiger partial charge in [-0.15, -0.1) is 0 Å². The molecule has 15 heavy (non-hydrogen) atoms. The molecule has 0 aliphatic carbocycles. The normalized spacial score (nSPS) is 14.8. The van der Waals surface area contributed by atoms with Gasteiger partial charge in [0.15, 0.2) is 0 Å². The van der Waals surface area contributed by atoms with Gasteiger partial charge in [-0.25, -0.2) is 0 Å². The van der Waals surface area contributed by atoms with E-state index in [1.807, 2.05) is 0 Å². The van der Waals surface area contributed by atoms with Crippen LogP contribution in [0, 0.1) is 0 Å². The summed E-state index contributed by atoms with van der Waals surface area (Å²) in [5, 5.41) is 0. The van der Waals surface area contributed by atoms with Crippen LogP contribution in [-0.4, -0.2) is 30.7 Å². The van der Waals surface area contributed by atoms with Crippen molar-refractivity contribution in [1.82, 2.24) is 0 Å². The first-order valence-corrected chi connectivity index (χ1v) is 3.86. The van der Waals surface area contributed by atoms with Crippen LogP contribution in [0.5, 0.6) is 0 Å². The van der Waals surface area contributed by atoms with E-state index in [2.05, 4.69) is 4.74 Å². The zero-order valence-corrected chi connectivity index (χ0v) is 7.84. The van der Waals surface area contributed by atoms with E-state index >= 15 is 0 Å². The molecule has 0 aliphatic heterocycles. The zero-order chi connectivity index (χ0) is 12.5. The molecule has 0 aliphatic rings. The van der Waals surface area contributed by atoms with E-state index in [9.17, 15) is 30.7 Å². The Morgan fingerprint density at radius 1 is 0.933 bits per heavy atom. The Morgan fingerprint density at radius 2 is 1.33 bits per heavy atom. The minimum atomic E-state index is -6.29. The second kappa shape index (κ2) is 4.15. The summed E-state index contributed by atoms with van der Waals surface area (Å²) >= 11 is 0. The average Bonchev–Trinajstić information content (AvgIpc) is 1.98. The van der Waals surface area contributed by atoms with Crippen molar-refractivity contribution in [3.05, 3.63) is 0 Å². The molecule has 0 N–H and O–H groups in total. The maximum absolute atomic E-state index is 12.5. The fourth-order valence-electron chi connectivity index (χ4n) is 0.569. The molecule has 0 saturated carbocycles. The lowest BCUT2D eigenvalue weighted by atomic mass is 10.2. The molecule has 0 amide bonds. The number of halogens is 7. The predicted molar refractivity (Wildman–Crippen MR) is 37.0 cm³/mol. The third kappa shape index (κ3) is 3.22. The molecule has 0 fully saturated rings. The average molecular weight is 242 g/mol.